The van der Waals surface area contributed by atoms with E-state index in [4.69, 9.17) is 0 Å². The number of carbonyl (C=O) groups excluding carboxylic acids is 1. The molecule has 2 atom stereocenters. The monoisotopic (exact) mass is 288 g/mol. The van der Waals surface area contributed by atoms with Crippen molar-refractivity contribution in [3.63, 3.8) is 0 Å². The third-order valence-electron chi connectivity index (χ3n) is 3.93. The molecule has 0 radical (unpaired) electrons. The fourth-order valence-electron chi connectivity index (χ4n) is 2.69. The zero-order chi connectivity index (χ0) is 15.5. The summed E-state index contributed by atoms with van der Waals surface area (Å²) in [6, 6.07) is 19.8. The molecule has 108 valence electrons. The van der Waals surface area contributed by atoms with Crippen molar-refractivity contribution in [1.82, 2.24) is 5.32 Å². The van der Waals surface area contributed by atoms with E-state index >= 15 is 0 Å². The molecular formula is C19H16N2O. The van der Waals surface area contributed by atoms with Crippen LogP contribution in [0, 0.1) is 24.2 Å². The summed E-state index contributed by atoms with van der Waals surface area (Å²) >= 11 is 0. The van der Waals surface area contributed by atoms with Crippen LogP contribution >= 0.6 is 0 Å². The van der Waals surface area contributed by atoms with Gasteiger partial charge in [-0.15, -0.1) is 0 Å². The van der Waals surface area contributed by atoms with Crippen molar-refractivity contribution in [1.29, 1.82) is 5.26 Å². The van der Waals surface area contributed by atoms with E-state index in [9.17, 15) is 10.1 Å². The molecule has 3 nitrogen and oxygen atoms in total. The Kier molecular flexibility index (Phi) is 3.76. The van der Waals surface area contributed by atoms with Crippen LogP contribution in [0.1, 0.15) is 22.6 Å². The molecule has 1 aliphatic heterocycles. The minimum atomic E-state index is -0.699. The Balaban J connectivity index is 2.05. The number of allylic oxidation sites excluding steroid dienone is 1. The van der Waals surface area contributed by atoms with Gasteiger partial charge in [0.2, 0.25) is 5.91 Å². The van der Waals surface area contributed by atoms with Crippen LogP contribution in [0.25, 0.3) is 5.70 Å². The molecule has 1 amide bonds. The largest absolute Gasteiger partial charge is 0.325 e. The normalized spacial score (nSPS) is 20.7. The molecule has 1 N–H and O–H groups in total. The number of aryl methyl sites for hydroxylation is 1. The van der Waals surface area contributed by atoms with Crippen LogP contribution < -0.4 is 5.32 Å². The molecule has 0 aliphatic carbocycles. The second-order valence-corrected chi connectivity index (χ2v) is 5.48. The molecular weight excluding hydrogens is 272 g/mol. The average molecular weight is 288 g/mol. The molecule has 0 spiro atoms. The molecule has 0 bridgehead atoms. The lowest BCUT2D eigenvalue weighted by Gasteiger charge is -2.26. The second-order valence-electron chi connectivity index (χ2n) is 5.48. The van der Waals surface area contributed by atoms with Crippen LogP contribution in [-0.4, -0.2) is 5.91 Å². The zero-order valence-corrected chi connectivity index (χ0v) is 12.3. The SMILES string of the molecule is Cc1ccc([C@H]2C=C(c3ccccc3)NC(=O)[C@@H]2C#N)cc1. The van der Waals surface area contributed by atoms with Gasteiger partial charge in [-0.25, -0.2) is 0 Å². The van der Waals surface area contributed by atoms with Gasteiger partial charge in [0, 0.05) is 11.6 Å². The van der Waals surface area contributed by atoms with Gasteiger partial charge in [-0.1, -0.05) is 66.2 Å². The Morgan fingerprint density at radius 1 is 1.05 bits per heavy atom. The van der Waals surface area contributed by atoms with E-state index in [2.05, 4.69) is 11.4 Å². The molecule has 1 heterocycles. The standard InChI is InChI=1S/C19H16N2O/c1-13-7-9-14(10-8-13)16-11-18(15-5-3-2-4-6-15)21-19(22)17(16)12-20/h2-11,16-17H,1H3,(H,21,22)/t16-,17-/m1/s1. The topological polar surface area (TPSA) is 52.9 Å². The Labute approximate surface area is 129 Å². The van der Waals surface area contributed by atoms with Gasteiger partial charge < -0.3 is 5.32 Å². The number of hydrogen-bond donors (Lipinski definition) is 1. The highest BCUT2D eigenvalue weighted by Crippen LogP contribution is 2.33. The van der Waals surface area contributed by atoms with Crippen molar-refractivity contribution >= 4 is 11.6 Å². The highest BCUT2D eigenvalue weighted by Gasteiger charge is 2.33. The Morgan fingerprint density at radius 3 is 2.36 bits per heavy atom. The first-order valence-corrected chi connectivity index (χ1v) is 7.23. The van der Waals surface area contributed by atoms with Gasteiger partial charge in [-0.05, 0) is 18.1 Å². The third-order valence-corrected chi connectivity index (χ3v) is 3.93. The maximum atomic E-state index is 12.3. The van der Waals surface area contributed by atoms with Crippen molar-refractivity contribution in [3.05, 3.63) is 77.4 Å². The maximum absolute atomic E-state index is 12.3. The second kappa shape index (κ2) is 5.87. The van der Waals surface area contributed by atoms with E-state index in [0.29, 0.717) is 0 Å². The quantitative estimate of drug-likeness (QED) is 0.921. The number of benzene rings is 2. The van der Waals surface area contributed by atoms with Crippen molar-refractivity contribution in [2.45, 2.75) is 12.8 Å². The average Bonchev–Trinajstić information content (AvgIpc) is 2.55. The predicted molar refractivity (Wildman–Crippen MR) is 85.6 cm³/mol. The van der Waals surface area contributed by atoms with Crippen LogP contribution in [-0.2, 0) is 4.79 Å². The first-order chi connectivity index (χ1) is 10.7. The van der Waals surface area contributed by atoms with Gasteiger partial charge >= 0.3 is 0 Å². The number of nitrogens with zero attached hydrogens (tertiary/aromatic N) is 1. The summed E-state index contributed by atoms with van der Waals surface area (Å²) in [5.74, 6) is -1.17. The molecule has 22 heavy (non-hydrogen) atoms. The molecule has 0 saturated carbocycles. The number of amides is 1. The Bertz CT molecular complexity index is 754. The smallest absolute Gasteiger partial charge is 0.242 e. The van der Waals surface area contributed by atoms with Crippen LogP contribution in [0.3, 0.4) is 0 Å². The predicted octanol–water partition coefficient (Wildman–Crippen LogP) is 3.39. The summed E-state index contributed by atoms with van der Waals surface area (Å²) < 4.78 is 0. The number of hydrogen-bond acceptors (Lipinski definition) is 2. The summed E-state index contributed by atoms with van der Waals surface area (Å²) in [5.41, 5.74) is 3.86. The van der Waals surface area contributed by atoms with E-state index in [-0.39, 0.29) is 11.8 Å². The van der Waals surface area contributed by atoms with Gasteiger partial charge in [-0.2, -0.15) is 5.26 Å². The summed E-state index contributed by atoms with van der Waals surface area (Å²) in [7, 11) is 0. The number of rotatable bonds is 2. The molecule has 0 aromatic heterocycles. The van der Waals surface area contributed by atoms with Gasteiger partial charge in [0.25, 0.3) is 0 Å². The molecule has 0 fully saturated rings. The van der Waals surface area contributed by atoms with Crippen molar-refractivity contribution in [2.75, 3.05) is 0 Å². The lowest BCUT2D eigenvalue weighted by molar-refractivity contribution is -0.122. The lowest BCUT2D eigenvalue weighted by atomic mass is 9.82. The van der Waals surface area contributed by atoms with E-state index in [1.54, 1.807) is 0 Å². The Hall–Kier alpha value is -2.86. The highest BCUT2D eigenvalue weighted by atomic mass is 16.2. The minimum Gasteiger partial charge on any atom is -0.325 e. The third kappa shape index (κ3) is 2.64. The fraction of sp³-hybridized carbons (Fsp3) is 0.158. The van der Waals surface area contributed by atoms with Crippen molar-refractivity contribution < 1.29 is 4.79 Å². The zero-order valence-electron chi connectivity index (χ0n) is 12.3. The minimum absolute atomic E-state index is 0.227. The number of carbonyl (C=O) groups is 1. The van der Waals surface area contributed by atoms with Crippen LogP contribution in [0.2, 0.25) is 0 Å². The first kappa shape index (κ1) is 14.1. The highest BCUT2D eigenvalue weighted by molar-refractivity contribution is 5.93. The summed E-state index contributed by atoms with van der Waals surface area (Å²) in [6.07, 6.45) is 1.98. The molecule has 0 unspecified atom stereocenters. The first-order valence-electron chi connectivity index (χ1n) is 7.23. The van der Waals surface area contributed by atoms with Crippen LogP contribution in [0.4, 0.5) is 0 Å². The summed E-state index contributed by atoms with van der Waals surface area (Å²) in [5, 5.41) is 12.2. The van der Waals surface area contributed by atoms with Crippen LogP contribution in [0.5, 0.6) is 0 Å². The van der Waals surface area contributed by atoms with Gasteiger partial charge in [0.05, 0.1) is 6.07 Å². The van der Waals surface area contributed by atoms with Gasteiger partial charge in [0.15, 0.2) is 0 Å². The lowest BCUT2D eigenvalue weighted by Crippen LogP contribution is -2.36. The summed E-state index contributed by atoms with van der Waals surface area (Å²) in [4.78, 5) is 12.3. The van der Waals surface area contributed by atoms with Gasteiger partial charge in [-0.3, -0.25) is 4.79 Å². The fourth-order valence-corrected chi connectivity index (χ4v) is 2.69. The maximum Gasteiger partial charge on any atom is 0.242 e. The van der Waals surface area contributed by atoms with E-state index in [1.165, 1.54) is 0 Å². The van der Waals surface area contributed by atoms with E-state index in [0.717, 1.165) is 22.4 Å². The van der Waals surface area contributed by atoms with E-state index < -0.39 is 5.92 Å². The number of nitrogens with one attached hydrogen (secondary N) is 1. The molecule has 2 aromatic rings. The van der Waals surface area contributed by atoms with Crippen LogP contribution in [0.15, 0.2) is 60.7 Å². The van der Waals surface area contributed by atoms with Gasteiger partial charge in [0.1, 0.15) is 5.92 Å². The molecule has 3 heteroatoms. The van der Waals surface area contributed by atoms with E-state index in [1.807, 2.05) is 67.6 Å². The summed E-state index contributed by atoms with van der Waals surface area (Å²) in [6.45, 7) is 2.02. The van der Waals surface area contributed by atoms with Crippen molar-refractivity contribution in [3.8, 4) is 6.07 Å². The number of nitriles is 1. The molecule has 1 aliphatic rings. The molecule has 2 aromatic carbocycles. The molecule has 0 saturated heterocycles. The van der Waals surface area contributed by atoms with Crippen molar-refractivity contribution in [2.24, 2.45) is 5.92 Å². The molecule has 3 rings (SSSR count). The Morgan fingerprint density at radius 2 is 1.73 bits per heavy atom.